The van der Waals surface area contributed by atoms with Crippen molar-refractivity contribution in [2.45, 2.75) is 40.0 Å². The normalized spacial score (nSPS) is 20.1. The average Bonchev–Trinajstić information content (AvgIpc) is 2.40. The molecule has 0 radical (unpaired) electrons. The Morgan fingerprint density at radius 3 is 2.65 bits per heavy atom. The Balaban J connectivity index is 2.17. The van der Waals surface area contributed by atoms with Gasteiger partial charge in [-0.05, 0) is 49.3 Å². The molecule has 1 aromatic rings. The Morgan fingerprint density at radius 2 is 1.94 bits per heavy atom. The third-order valence-corrected chi connectivity index (χ3v) is 3.86. The van der Waals surface area contributed by atoms with Crippen molar-refractivity contribution in [3.8, 4) is 0 Å². The van der Waals surface area contributed by atoms with Gasteiger partial charge in [-0.15, -0.1) is 0 Å². The van der Waals surface area contributed by atoms with Gasteiger partial charge in [-0.2, -0.15) is 0 Å². The summed E-state index contributed by atoms with van der Waals surface area (Å²) in [7, 11) is 0. The molecule has 0 bridgehead atoms. The molecular formula is C15H24N2. The number of hydrogen-bond acceptors (Lipinski definition) is 2. The molecule has 1 fully saturated rings. The maximum atomic E-state index is 6.13. The van der Waals surface area contributed by atoms with E-state index in [9.17, 15) is 0 Å². The molecule has 94 valence electrons. The number of benzene rings is 1. The molecule has 1 heterocycles. The van der Waals surface area contributed by atoms with Gasteiger partial charge in [0.05, 0.1) is 11.4 Å². The van der Waals surface area contributed by atoms with Crippen LogP contribution in [0, 0.1) is 12.3 Å². The fraction of sp³-hybridized carbons (Fsp3) is 0.600. The van der Waals surface area contributed by atoms with Crippen molar-refractivity contribution in [1.82, 2.24) is 0 Å². The van der Waals surface area contributed by atoms with Crippen molar-refractivity contribution in [2.24, 2.45) is 5.41 Å². The third kappa shape index (κ3) is 2.93. The summed E-state index contributed by atoms with van der Waals surface area (Å²) >= 11 is 0. The molecule has 1 saturated heterocycles. The van der Waals surface area contributed by atoms with E-state index in [1.54, 1.807) is 0 Å². The second-order valence-electron chi connectivity index (χ2n) is 6.07. The summed E-state index contributed by atoms with van der Waals surface area (Å²) in [5.74, 6) is 0. The van der Waals surface area contributed by atoms with E-state index in [1.807, 2.05) is 0 Å². The van der Waals surface area contributed by atoms with Crippen LogP contribution in [0.5, 0.6) is 0 Å². The number of nitrogens with zero attached hydrogens (tertiary/aromatic N) is 1. The topological polar surface area (TPSA) is 29.3 Å². The van der Waals surface area contributed by atoms with Gasteiger partial charge in [0.1, 0.15) is 0 Å². The van der Waals surface area contributed by atoms with Gasteiger partial charge in [0.25, 0.3) is 0 Å². The Morgan fingerprint density at radius 1 is 1.18 bits per heavy atom. The lowest BCUT2D eigenvalue weighted by Gasteiger charge is -2.26. The molecule has 0 amide bonds. The van der Waals surface area contributed by atoms with Crippen molar-refractivity contribution >= 4 is 11.4 Å². The maximum Gasteiger partial charge on any atom is 0.0600 e. The van der Waals surface area contributed by atoms with Crippen molar-refractivity contribution in [3.05, 3.63) is 23.8 Å². The van der Waals surface area contributed by atoms with Gasteiger partial charge in [-0.3, -0.25) is 0 Å². The van der Waals surface area contributed by atoms with E-state index in [2.05, 4.69) is 43.9 Å². The number of rotatable bonds is 1. The highest BCUT2D eigenvalue weighted by Gasteiger charge is 2.23. The monoisotopic (exact) mass is 232 g/mol. The second kappa shape index (κ2) is 4.59. The lowest BCUT2D eigenvalue weighted by Crippen LogP contribution is -2.25. The van der Waals surface area contributed by atoms with Crippen LogP contribution in [0.3, 0.4) is 0 Å². The first kappa shape index (κ1) is 12.3. The second-order valence-corrected chi connectivity index (χ2v) is 6.07. The number of nitrogen functional groups attached to an aromatic ring is 1. The molecule has 2 N–H and O–H groups in total. The van der Waals surface area contributed by atoms with Gasteiger partial charge in [0.2, 0.25) is 0 Å². The largest absolute Gasteiger partial charge is 0.397 e. The van der Waals surface area contributed by atoms with E-state index in [0.717, 1.165) is 18.8 Å². The summed E-state index contributed by atoms with van der Waals surface area (Å²) in [6.07, 6.45) is 3.83. The van der Waals surface area contributed by atoms with Crippen LogP contribution in [-0.2, 0) is 0 Å². The van der Waals surface area contributed by atoms with E-state index in [-0.39, 0.29) is 0 Å². The Hall–Kier alpha value is -1.18. The van der Waals surface area contributed by atoms with Crippen LogP contribution in [-0.4, -0.2) is 13.1 Å². The van der Waals surface area contributed by atoms with E-state index >= 15 is 0 Å². The molecule has 0 aromatic heterocycles. The number of nitrogens with two attached hydrogens (primary N) is 1. The van der Waals surface area contributed by atoms with Gasteiger partial charge in [-0.1, -0.05) is 19.9 Å². The molecular weight excluding hydrogens is 208 g/mol. The SMILES string of the molecule is Cc1ccc(N2CCCC(C)(C)CC2)c(N)c1. The lowest BCUT2D eigenvalue weighted by molar-refractivity contribution is 0.325. The highest BCUT2D eigenvalue weighted by molar-refractivity contribution is 5.68. The molecule has 17 heavy (non-hydrogen) atoms. The fourth-order valence-electron chi connectivity index (χ4n) is 2.63. The smallest absolute Gasteiger partial charge is 0.0600 e. The summed E-state index contributed by atoms with van der Waals surface area (Å²) in [4.78, 5) is 2.45. The third-order valence-electron chi connectivity index (χ3n) is 3.86. The lowest BCUT2D eigenvalue weighted by atomic mass is 9.85. The van der Waals surface area contributed by atoms with Gasteiger partial charge < -0.3 is 10.6 Å². The number of aryl methyl sites for hydroxylation is 1. The van der Waals surface area contributed by atoms with Crippen LogP contribution in [0.2, 0.25) is 0 Å². The zero-order valence-corrected chi connectivity index (χ0v) is 11.3. The standard InChI is InChI=1S/C15H24N2/c1-12-5-6-14(13(16)11-12)17-9-4-7-15(2,3)8-10-17/h5-6,11H,4,7-10,16H2,1-3H3. The predicted molar refractivity (Wildman–Crippen MR) is 75.4 cm³/mol. The van der Waals surface area contributed by atoms with Crippen LogP contribution in [0.15, 0.2) is 18.2 Å². The summed E-state index contributed by atoms with van der Waals surface area (Å²) in [5, 5.41) is 0. The van der Waals surface area contributed by atoms with Crippen LogP contribution in [0.25, 0.3) is 0 Å². The summed E-state index contributed by atoms with van der Waals surface area (Å²) < 4.78 is 0. The number of hydrogen-bond donors (Lipinski definition) is 1. The molecule has 1 aromatic carbocycles. The highest BCUT2D eigenvalue weighted by Crippen LogP contribution is 2.33. The van der Waals surface area contributed by atoms with Crippen LogP contribution in [0.1, 0.15) is 38.7 Å². The van der Waals surface area contributed by atoms with E-state index in [1.165, 1.54) is 30.5 Å². The minimum Gasteiger partial charge on any atom is -0.397 e. The molecule has 0 saturated carbocycles. The van der Waals surface area contributed by atoms with E-state index in [4.69, 9.17) is 5.73 Å². The zero-order valence-electron chi connectivity index (χ0n) is 11.3. The van der Waals surface area contributed by atoms with Gasteiger partial charge in [0, 0.05) is 13.1 Å². The van der Waals surface area contributed by atoms with Gasteiger partial charge >= 0.3 is 0 Å². The summed E-state index contributed by atoms with van der Waals surface area (Å²) in [6.45, 7) is 9.09. The van der Waals surface area contributed by atoms with Crippen molar-refractivity contribution in [3.63, 3.8) is 0 Å². The predicted octanol–water partition coefficient (Wildman–Crippen LogP) is 3.59. The fourth-order valence-corrected chi connectivity index (χ4v) is 2.63. The molecule has 0 spiro atoms. The summed E-state index contributed by atoms with van der Waals surface area (Å²) in [5.41, 5.74) is 9.98. The van der Waals surface area contributed by atoms with E-state index in [0.29, 0.717) is 5.41 Å². The molecule has 2 nitrogen and oxygen atoms in total. The van der Waals surface area contributed by atoms with Crippen LogP contribution in [0.4, 0.5) is 11.4 Å². The minimum atomic E-state index is 0.480. The molecule has 1 aliphatic heterocycles. The quantitative estimate of drug-likeness (QED) is 0.750. The van der Waals surface area contributed by atoms with Crippen molar-refractivity contribution < 1.29 is 0 Å². The molecule has 2 rings (SSSR count). The summed E-state index contributed by atoms with van der Waals surface area (Å²) in [6, 6.07) is 6.40. The average molecular weight is 232 g/mol. The Labute approximate surface area is 105 Å². The van der Waals surface area contributed by atoms with Gasteiger partial charge in [0.15, 0.2) is 0 Å². The molecule has 0 unspecified atom stereocenters. The molecule has 2 heteroatoms. The molecule has 1 aliphatic rings. The minimum absolute atomic E-state index is 0.480. The Kier molecular flexibility index (Phi) is 3.32. The Bertz CT molecular complexity index is 396. The molecule has 0 atom stereocenters. The highest BCUT2D eigenvalue weighted by atomic mass is 15.1. The first-order valence-electron chi connectivity index (χ1n) is 6.59. The van der Waals surface area contributed by atoms with Crippen LogP contribution < -0.4 is 10.6 Å². The first-order chi connectivity index (χ1) is 7.98. The van der Waals surface area contributed by atoms with Crippen molar-refractivity contribution in [2.75, 3.05) is 23.7 Å². The molecule has 0 aliphatic carbocycles. The zero-order chi connectivity index (χ0) is 12.5. The number of anilines is 2. The van der Waals surface area contributed by atoms with Crippen LogP contribution >= 0.6 is 0 Å². The van der Waals surface area contributed by atoms with Crippen molar-refractivity contribution in [1.29, 1.82) is 0 Å². The first-order valence-corrected chi connectivity index (χ1v) is 6.59. The van der Waals surface area contributed by atoms with E-state index < -0.39 is 0 Å². The van der Waals surface area contributed by atoms with Gasteiger partial charge in [-0.25, -0.2) is 0 Å². The maximum absolute atomic E-state index is 6.13.